The molecule has 3 heterocycles. The molecular formula is C34H44F2N6O5SSi. The summed E-state index contributed by atoms with van der Waals surface area (Å²) in [5.41, 5.74) is -2.03. The zero-order valence-electron chi connectivity index (χ0n) is 29.5. The van der Waals surface area contributed by atoms with E-state index in [2.05, 4.69) is 40.5 Å². The van der Waals surface area contributed by atoms with Crippen LogP contribution in [-0.4, -0.2) is 94.4 Å². The summed E-state index contributed by atoms with van der Waals surface area (Å²) in [4.78, 5) is 47.1. The molecule has 3 atom stereocenters. The molecule has 1 saturated carbocycles. The van der Waals surface area contributed by atoms with Crippen LogP contribution >= 0.6 is 11.8 Å². The standard InChI is InChI=1S/C34H44F2N6O5SSi/c1-11-12-46-27-20-37-25(19-38-27)24(35)16-22-15-23(28(36)39-18-22)33(5)26-17-34(26,29(43)41(6)7)48-30(40-33)42(31(44)47-32(2,3)4)21-45-13-14-49(8,9)10/h1,15-16,18-20,26H,12-14,17,21H2,2-10H3/b24-16-/t26?,33-,34+/m1/s1. The quantitative estimate of drug-likeness (QED) is 0.0881. The van der Waals surface area contributed by atoms with E-state index in [0.717, 1.165) is 23.9 Å². The molecule has 2 aromatic heterocycles. The largest absolute Gasteiger partial charge is 0.463 e. The van der Waals surface area contributed by atoms with E-state index in [1.807, 2.05) is 0 Å². The molecule has 11 nitrogen and oxygen atoms in total. The lowest BCUT2D eigenvalue weighted by molar-refractivity contribution is -0.129. The second kappa shape index (κ2) is 14.5. The predicted molar refractivity (Wildman–Crippen MR) is 188 cm³/mol. The van der Waals surface area contributed by atoms with Crippen LogP contribution in [0.5, 0.6) is 5.88 Å². The SMILES string of the molecule is C#CCOc1cnc(/C(F)=C/c2cnc(F)c([C@@]3(C)N=C(N(COCC[Si](C)(C)C)C(=O)OC(C)(C)C)S[C@@]4(C(=O)N(C)C)CC43)c2)cn1. The number of aromatic nitrogens is 3. The number of carbonyl (C=O) groups excluding carboxylic acids is 2. The minimum Gasteiger partial charge on any atom is -0.463 e. The van der Waals surface area contributed by atoms with E-state index in [4.69, 9.17) is 25.6 Å². The van der Waals surface area contributed by atoms with Crippen molar-refractivity contribution in [2.75, 3.05) is 34.0 Å². The van der Waals surface area contributed by atoms with Gasteiger partial charge in [-0.3, -0.25) is 9.79 Å². The van der Waals surface area contributed by atoms with Gasteiger partial charge in [0.2, 0.25) is 17.7 Å². The number of amidine groups is 1. The molecule has 1 unspecified atom stereocenters. The zero-order chi connectivity index (χ0) is 36.4. The molecule has 0 N–H and O–H groups in total. The summed E-state index contributed by atoms with van der Waals surface area (Å²) in [7, 11) is 1.85. The van der Waals surface area contributed by atoms with E-state index in [0.29, 0.717) is 13.0 Å². The van der Waals surface area contributed by atoms with Crippen LogP contribution in [0.25, 0.3) is 11.9 Å². The van der Waals surface area contributed by atoms with Crippen molar-refractivity contribution in [1.82, 2.24) is 24.8 Å². The monoisotopic (exact) mass is 714 g/mol. The minimum absolute atomic E-state index is 0.0125. The summed E-state index contributed by atoms with van der Waals surface area (Å²) in [5.74, 6) is 0.202. The van der Waals surface area contributed by atoms with Crippen molar-refractivity contribution in [3.8, 4) is 18.2 Å². The van der Waals surface area contributed by atoms with Crippen molar-refractivity contribution in [2.45, 2.75) is 75.7 Å². The molecule has 2 aromatic rings. The number of halogens is 2. The van der Waals surface area contributed by atoms with Crippen LogP contribution in [0.1, 0.15) is 50.9 Å². The summed E-state index contributed by atoms with van der Waals surface area (Å²) in [6, 6.07) is 2.31. The molecule has 0 bridgehead atoms. The number of aliphatic imine (C=N–C) groups is 1. The van der Waals surface area contributed by atoms with Gasteiger partial charge in [0.1, 0.15) is 22.8 Å². The Morgan fingerprint density at radius 2 is 1.90 bits per heavy atom. The van der Waals surface area contributed by atoms with Gasteiger partial charge in [-0.25, -0.2) is 29.0 Å². The predicted octanol–water partition coefficient (Wildman–Crippen LogP) is 6.20. The molecule has 2 aliphatic rings. The molecule has 0 radical (unpaired) electrons. The van der Waals surface area contributed by atoms with E-state index < -0.39 is 47.7 Å². The number of ether oxygens (including phenoxy) is 3. The van der Waals surface area contributed by atoms with Gasteiger partial charge in [-0.05, 0) is 57.9 Å². The third kappa shape index (κ3) is 9.03. The molecule has 264 valence electrons. The molecule has 0 saturated heterocycles. The van der Waals surface area contributed by atoms with Gasteiger partial charge in [0, 0.05) is 46.5 Å². The number of nitrogens with zero attached hydrogens (tertiary/aromatic N) is 6. The highest BCUT2D eigenvalue weighted by Crippen LogP contribution is 2.67. The van der Waals surface area contributed by atoms with Crippen LogP contribution in [0.3, 0.4) is 0 Å². The Morgan fingerprint density at radius 3 is 2.49 bits per heavy atom. The molecule has 15 heteroatoms. The Bertz CT molecular complexity index is 1670. The van der Waals surface area contributed by atoms with Crippen LogP contribution in [0, 0.1) is 24.2 Å². The molecule has 1 aliphatic heterocycles. The van der Waals surface area contributed by atoms with Gasteiger partial charge < -0.3 is 19.1 Å². The number of amides is 2. The fourth-order valence-electron chi connectivity index (χ4n) is 5.28. The lowest BCUT2D eigenvalue weighted by atomic mass is 9.86. The number of carbonyl (C=O) groups is 2. The van der Waals surface area contributed by atoms with Gasteiger partial charge in [-0.1, -0.05) is 37.3 Å². The summed E-state index contributed by atoms with van der Waals surface area (Å²) < 4.78 is 47.0. The highest BCUT2D eigenvalue weighted by molar-refractivity contribution is 8.16. The van der Waals surface area contributed by atoms with Crippen LogP contribution in [0.4, 0.5) is 13.6 Å². The third-order valence-corrected chi connectivity index (χ3v) is 11.1. The normalized spacial score (nSPS) is 22.0. The Morgan fingerprint density at radius 1 is 1.18 bits per heavy atom. The third-order valence-electron chi connectivity index (χ3n) is 7.89. The molecule has 1 aliphatic carbocycles. The molecule has 1 fully saturated rings. The van der Waals surface area contributed by atoms with E-state index in [1.54, 1.807) is 41.8 Å². The fourth-order valence-corrected chi connectivity index (χ4v) is 7.73. The number of fused-ring (bicyclic) bond motifs is 1. The van der Waals surface area contributed by atoms with Gasteiger partial charge in [0.25, 0.3) is 0 Å². The van der Waals surface area contributed by atoms with Gasteiger partial charge in [-0.15, -0.1) is 6.42 Å². The lowest BCUT2D eigenvalue weighted by Crippen LogP contribution is -2.48. The number of thioether (sulfide) groups is 1. The van der Waals surface area contributed by atoms with Crippen LogP contribution in [-0.2, 0) is 19.8 Å². The molecule has 4 rings (SSSR count). The topological polar surface area (TPSA) is 119 Å². The second-order valence-corrected chi connectivity index (χ2v) is 21.5. The molecule has 49 heavy (non-hydrogen) atoms. The Hall–Kier alpha value is -3.87. The van der Waals surface area contributed by atoms with E-state index in [1.165, 1.54) is 34.5 Å². The first kappa shape index (κ1) is 37.9. The summed E-state index contributed by atoms with van der Waals surface area (Å²) >= 11 is 1.15. The van der Waals surface area contributed by atoms with Gasteiger partial charge in [0.15, 0.2) is 17.6 Å². The Labute approximate surface area is 291 Å². The van der Waals surface area contributed by atoms with Crippen molar-refractivity contribution in [3.05, 3.63) is 47.4 Å². The van der Waals surface area contributed by atoms with Crippen molar-refractivity contribution in [3.63, 3.8) is 0 Å². The van der Waals surface area contributed by atoms with Crippen LogP contribution < -0.4 is 4.74 Å². The molecule has 0 aromatic carbocycles. The zero-order valence-corrected chi connectivity index (χ0v) is 31.3. The van der Waals surface area contributed by atoms with E-state index >= 15 is 8.78 Å². The maximum absolute atomic E-state index is 15.8. The summed E-state index contributed by atoms with van der Waals surface area (Å²) in [6.07, 6.45) is 9.60. The molecule has 2 amide bonds. The molecular weight excluding hydrogens is 671 g/mol. The maximum Gasteiger partial charge on any atom is 0.418 e. The van der Waals surface area contributed by atoms with Crippen molar-refractivity contribution in [1.29, 1.82) is 0 Å². The fraction of sp³-hybridized carbons (Fsp3) is 0.529. The summed E-state index contributed by atoms with van der Waals surface area (Å²) in [6.45, 7) is 13.8. The number of rotatable bonds is 11. The summed E-state index contributed by atoms with van der Waals surface area (Å²) in [5, 5.41) is 0.155. The maximum atomic E-state index is 15.8. The van der Waals surface area contributed by atoms with Gasteiger partial charge >= 0.3 is 6.09 Å². The van der Waals surface area contributed by atoms with Crippen molar-refractivity contribution < 1.29 is 32.6 Å². The second-order valence-electron chi connectivity index (χ2n) is 14.6. The Balaban J connectivity index is 1.76. The van der Waals surface area contributed by atoms with Gasteiger partial charge in [-0.2, -0.15) is 4.39 Å². The first-order valence-corrected chi connectivity index (χ1v) is 20.3. The number of hydrogen-bond donors (Lipinski definition) is 0. The molecule has 0 spiro atoms. The number of terminal acetylenes is 1. The first-order chi connectivity index (χ1) is 22.8. The van der Waals surface area contributed by atoms with Gasteiger partial charge in [0.05, 0.1) is 17.9 Å². The average molecular weight is 715 g/mol. The Kier molecular flexibility index (Phi) is 11.3. The first-order valence-electron chi connectivity index (χ1n) is 15.8. The average Bonchev–Trinajstić information content (AvgIpc) is 3.76. The number of pyridine rings is 1. The van der Waals surface area contributed by atoms with E-state index in [-0.39, 0.29) is 47.1 Å². The highest BCUT2D eigenvalue weighted by Gasteiger charge is 2.72. The van der Waals surface area contributed by atoms with Crippen molar-refractivity contribution in [2.24, 2.45) is 10.9 Å². The minimum atomic E-state index is -1.44. The van der Waals surface area contributed by atoms with E-state index in [9.17, 15) is 9.59 Å². The van der Waals surface area contributed by atoms with Crippen molar-refractivity contribution >= 4 is 48.9 Å². The smallest absolute Gasteiger partial charge is 0.418 e. The number of hydrogen-bond acceptors (Lipinski definition) is 10. The van der Waals surface area contributed by atoms with Crippen LogP contribution in [0.15, 0.2) is 29.6 Å². The lowest BCUT2D eigenvalue weighted by Gasteiger charge is -2.38. The highest BCUT2D eigenvalue weighted by atomic mass is 32.2. The van der Waals surface area contributed by atoms with Crippen LogP contribution in [0.2, 0.25) is 25.7 Å².